The monoisotopic (exact) mass is 419 g/mol. The summed E-state index contributed by atoms with van der Waals surface area (Å²) in [5.41, 5.74) is 1.49. The van der Waals surface area contributed by atoms with E-state index in [0.29, 0.717) is 68.6 Å². The van der Waals surface area contributed by atoms with Crippen molar-refractivity contribution in [3.8, 4) is 0 Å². The standard InChI is InChI=1S/C19H25N5O4S/c1-13-9-16(3-6-20-13)19(25)23-11-14(12-23)10-17-21-18(22-28-17)15-4-7-24(8-5-15)29(2,26)27/h3,6,9,14-15H,4-5,7-8,10-12H2,1-2H3. The number of likely N-dealkylation sites (tertiary alicyclic amines) is 1. The fourth-order valence-corrected chi connectivity index (χ4v) is 4.81. The Morgan fingerprint density at radius 2 is 2.00 bits per heavy atom. The molecule has 2 saturated heterocycles. The van der Waals surface area contributed by atoms with Crippen LogP contribution in [-0.2, 0) is 16.4 Å². The lowest BCUT2D eigenvalue weighted by atomic mass is 9.95. The van der Waals surface area contributed by atoms with Crippen LogP contribution in [0, 0.1) is 12.8 Å². The molecule has 0 bridgehead atoms. The smallest absolute Gasteiger partial charge is 0.253 e. The van der Waals surface area contributed by atoms with E-state index in [1.165, 1.54) is 10.6 Å². The second-order valence-corrected chi connectivity index (χ2v) is 9.93. The van der Waals surface area contributed by atoms with Crippen molar-refractivity contribution in [2.45, 2.75) is 32.1 Å². The molecule has 0 N–H and O–H groups in total. The third-order valence-electron chi connectivity index (χ3n) is 5.62. The molecule has 4 heterocycles. The third kappa shape index (κ3) is 4.48. The number of hydrogen-bond acceptors (Lipinski definition) is 7. The minimum Gasteiger partial charge on any atom is -0.339 e. The molecule has 2 aromatic rings. The number of aryl methyl sites for hydroxylation is 1. The van der Waals surface area contributed by atoms with Gasteiger partial charge in [-0.25, -0.2) is 12.7 Å². The first-order valence-corrected chi connectivity index (χ1v) is 11.6. The molecule has 0 atom stereocenters. The fraction of sp³-hybridized carbons (Fsp3) is 0.579. The maximum atomic E-state index is 12.5. The minimum atomic E-state index is -3.14. The number of rotatable bonds is 5. The van der Waals surface area contributed by atoms with Crippen LogP contribution >= 0.6 is 0 Å². The molecule has 0 saturated carbocycles. The van der Waals surface area contributed by atoms with Gasteiger partial charge >= 0.3 is 0 Å². The number of carbonyl (C=O) groups excluding carboxylic acids is 1. The van der Waals surface area contributed by atoms with Crippen molar-refractivity contribution in [1.82, 2.24) is 24.3 Å². The number of nitrogens with zero attached hydrogens (tertiary/aromatic N) is 5. The number of aromatic nitrogens is 3. The van der Waals surface area contributed by atoms with Crippen molar-refractivity contribution in [1.29, 1.82) is 0 Å². The summed E-state index contributed by atoms with van der Waals surface area (Å²) >= 11 is 0. The molecule has 29 heavy (non-hydrogen) atoms. The molecule has 2 aromatic heterocycles. The van der Waals surface area contributed by atoms with E-state index in [4.69, 9.17) is 4.52 Å². The molecule has 2 fully saturated rings. The molecular formula is C19H25N5O4S. The summed E-state index contributed by atoms with van der Waals surface area (Å²) in [7, 11) is -3.14. The molecule has 0 spiro atoms. The summed E-state index contributed by atoms with van der Waals surface area (Å²) in [4.78, 5) is 22.9. The second kappa shape index (κ2) is 7.83. The van der Waals surface area contributed by atoms with Crippen LogP contribution in [0.4, 0.5) is 0 Å². The van der Waals surface area contributed by atoms with E-state index in [9.17, 15) is 13.2 Å². The van der Waals surface area contributed by atoms with E-state index in [2.05, 4.69) is 15.1 Å². The van der Waals surface area contributed by atoms with Gasteiger partial charge in [-0.2, -0.15) is 4.98 Å². The quantitative estimate of drug-likeness (QED) is 0.717. The molecular weight excluding hydrogens is 394 g/mol. The van der Waals surface area contributed by atoms with E-state index in [0.717, 1.165) is 5.69 Å². The molecule has 0 radical (unpaired) electrons. The predicted molar refractivity (Wildman–Crippen MR) is 105 cm³/mol. The topological polar surface area (TPSA) is 110 Å². The maximum Gasteiger partial charge on any atom is 0.253 e. The lowest BCUT2D eigenvalue weighted by Crippen LogP contribution is -2.50. The molecule has 156 valence electrons. The molecule has 4 rings (SSSR count). The molecule has 1 amide bonds. The van der Waals surface area contributed by atoms with E-state index in [-0.39, 0.29) is 11.8 Å². The Morgan fingerprint density at radius 3 is 2.66 bits per heavy atom. The molecule has 2 aliphatic rings. The summed E-state index contributed by atoms with van der Waals surface area (Å²) in [6.07, 6.45) is 4.93. The molecule has 0 aromatic carbocycles. The zero-order valence-electron chi connectivity index (χ0n) is 16.6. The lowest BCUT2D eigenvalue weighted by molar-refractivity contribution is 0.0486. The predicted octanol–water partition coefficient (Wildman–Crippen LogP) is 1.23. The number of pyridine rings is 1. The largest absolute Gasteiger partial charge is 0.339 e. The Labute approximate surface area is 170 Å². The Bertz CT molecular complexity index is 992. The zero-order chi connectivity index (χ0) is 20.6. The van der Waals surface area contributed by atoms with Gasteiger partial charge in [0.25, 0.3) is 5.91 Å². The van der Waals surface area contributed by atoms with Gasteiger partial charge in [0.15, 0.2) is 5.82 Å². The number of piperidine rings is 1. The van der Waals surface area contributed by atoms with E-state index < -0.39 is 10.0 Å². The fourth-order valence-electron chi connectivity index (χ4n) is 3.94. The summed E-state index contributed by atoms with van der Waals surface area (Å²) < 4.78 is 30.1. The first-order valence-electron chi connectivity index (χ1n) is 9.79. The van der Waals surface area contributed by atoms with Gasteiger partial charge in [-0.1, -0.05) is 5.16 Å². The SMILES string of the molecule is Cc1cc(C(=O)N2CC(Cc3nc(C4CCN(S(C)(=O)=O)CC4)no3)C2)ccn1. The van der Waals surface area contributed by atoms with E-state index in [1.54, 1.807) is 18.3 Å². The minimum absolute atomic E-state index is 0.0237. The number of amides is 1. The third-order valence-corrected chi connectivity index (χ3v) is 6.93. The molecule has 10 heteroatoms. The van der Waals surface area contributed by atoms with Gasteiger partial charge in [-0.05, 0) is 31.9 Å². The van der Waals surface area contributed by atoms with Crippen molar-refractivity contribution in [2.24, 2.45) is 5.92 Å². The van der Waals surface area contributed by atoms with Crippen molar-refractivity contribution in [3.05, 3.63) is 41.3 Å². The van der Waals surface area contributed by atoms with Crippen LogP contribution < -0.4 is 0 Å². The lowest BCUT2D eigenvalue weighted by Gasteiger charge is -2.38. The van der Waals surface area contributed by atoms with E-state index in [1.807, 2.05) is 11.8 Å². The highest BCUT2D eigenvalue weighted by Crippen LogP contribution is 2.28. The van der Waals surface area contributed by atoms with Crippen molar-refractivity contribution in [3.63, 3.8) is 0 Å². The van der Waals surface area contributed by atoms with Gasteiger partial charge in [0, 0.05) is 61.9 Å². The molecule has 9 nitrogen and oxygen atoms in total. The normalized spacial score (nSPS) is 19.3. The Kier molecular flexibility index (Phi) is 5.39. The van der Waals surface area contributed by atoms with Crippen LogP contribution in [0.1, 0.15) is 46.5 Å². The van der Waals surface area contributed by atoms with Gasteiger partial charge < -0.3 is 9.42 Å². The van der Waals surface area contributed by atoms with Crippen LogP contribution in [0.5, 0.6) is 0 Å². The van der Waals surface area contributed by atoms with Crippen molar-refractivity contribution >= 4 is 15.9 Å². The van der Waals surface area contributed by atoms with Gasteiger partial charge in [0.05, 0.1) is 6.26 Å². The second-order valence-electron chi connectivity index (χ2n) is 7.95. The highest BCUT2D eigenvalue weighted by molar-refractivity contribution is 7.88. The van der Waals surface area contributed by atoms with E-state index >= 15 is 0 Å². The summed E-state index contributed by atoms with van der Waals surface area (Å²) in [5, 5.41) is 4.11. The molecule has 0 unspecified atom stereocenters. The summed E-state index contributed by atoms with van der Waals surface area (Å²) in [5.74, 6) is 1.70. The van der Waals surface area contributed by atoms with Crippen LogP contribution in [-0.4, -0.2) is 71.1 Å². The Balaban J connectivity index is 1.27. The maximum absolute atomic E-state index is 12.5. The van der Waals surface area contributed by atoms with Crippen LogP contribution in [0.3, 0.4) is 0 Å². The number of sulfonamides is 1. The Hall–Kier alpha value is -2.33. The van der Waals surface area contributed by atoms with Crippen molar-refractivity contribution in [2.75, 3.05) is 32.4 Å². The zero-order valence-corrected chi connectivity index (χ0v) is 17.4. The van der Waals surface area contributed by atoms with Gasteiger partial charge in [-0.15, -0.1) is 0 Å². The van der Waals surface area contributed by atoms with Crippen LogP contribution in [0.25, 0.3) is 0 Å². The van der Waals surface area contributed by atoms with Crippen LogP contribution in [0.2, 0.25) is 0 Å². The summed E-state index contributed by atoms with van der Waals surface area (Å²) in [6.45, 7) is 4.19. The number of hydrogen-bond donors (Lipinski definition) is 0. The first-order chi connectivity index (χ1) is 13.8. The molecule has 2 aliphatic heterocycles. The average molecular weight is 420 g/mol. The van der Waals surface area contributed by atoms with Gasteiger partial charge in [0.2, 0.25) is 15.9 Å². The average Bonchev–Trinajstić information content (AvgIpc) is 3.12. The van der Waals surface area contributed by atoms with Gasteiger partial charge in [0.1, 0.15) is 0 Å². The molecule has 0 aliphatic carbocycles. The van der Waals surface area contributed by atoms with Crippen LogP contribution in [0.15, 0.2) is 22.9 Å². The Morgan fingerprint density at radius 1 is 1.28 bits per heavy atom. The summed E-state index contributed by atoms with van der Waals surface area (Å²) in [6, 6.07) is 3.54. The van der Waals surface area contributed by atoms with Crippen molar-refractivity contribution < 1.29 is 17.7 Å². The number of carbonyl (C=O) groups is 1. The van der Waals surface area contributed by atoms with Gasteiger partial charge in [-0.3, -0.25) is 9.78 Å². The first kappa shape index (κ1) is 20.0. The highest BCUT2D eigenvalue weighted by Gasteiger charge is 2.33. The highest BCUT2D eigenvalue weighted by atomic mass is 32.2.